The van der Waals surface area contributed by atoms with Crippen molar-refractivity contribution in [1.29, 1.82) is 0 Å². The number of aliphatic carboxylic acids is 1. The molecule has 4 heteroatoms. The summed E-state index contributed by atoms with van der Waals surface area (Å²) < 4.78 is 0. The van der Waals surface area contributed by atoms with Gasteiger partial charge < -0.3 is 10.2 Å². The second-order valence-corrected chi connectivity index (χ2v) is 7.31. The topological polar surface area (TPSA) is 74.6 Å². The molecule has 1 aliphatic carbocycles. The average Bonchev–Trinajstić information content (AvgIpc) is 2.96. The maximum Gasteiger partial charge on any atom is 0.303 e. The first-order valence-corrected chi connectivity index (χ1v) is 9.84. The van der Waals surface area contributed by atoms with Gasteiger partial charge in [0.25, 0.3) is 0 Å². The smallest absolute Gasteiger partial charge is 0.303 e. The minimum atomic E-state index is -0.853. The maximum atomic E-state index is 12.1. The van der Waals surface area contributed by atoms with Gasteiger partial charge in [0.15, 0.2) is 0 Å². The summed E-state index contributed by atoms with van der Waals surface area (Å²) in [5.74, 6) is -0.228. The monoisotopic (exact) mass is 362 g/mol. The largest absolute Gasteiger partial charge is 0.481 e. The fourth-order valence-corrected chi connectivity index (χ4v) is 3.42. The Morgan fingerprint density at radius 2 is 2.08 bits per heavy atom. The van der Waals surface area contributed by atoms with Crippen LogP contribution < -0.4 is 0 Å². The van der Waals surface area contributed by atoms with Gasteiger partial charge in [0, 0.05) is 18.8 Å². The lowest BCUT2D eigenvalue weighted by atomic mass is 9.89. The number of rotatable bonds is 13. The van der Waals surface area contributed by atoms with Crippen LogP contribution in [-0.2, 0) is 9.59 Å². The van der Waals surface area contributed by atoms with Crippen molar-refractivity contribution in [2.24, 2.45) is 11.8 Å². The first kappa shape index (κ1) is 22.4. The summed E-state index contributed by atoms with van der Waals surface area (Å²) in [5.41, 5.74) is -0.853. The highest BCUT2D eigenvalue weighted by Gasteiger charge is 2.32. The summed E-state index contributed by atoms with van der Waals surface area (Å²) in [4.78, 5) is 22.6. The van der Waals surface area contributed by atoms with Gasteiger partial charge >= 0.3 is 5.97 Å². The molecule has 1 fully saturated rings. The van der Waals surface area contributed by atoms with E-state index in [4.69, 9.17) is 5.11 Å². The third kappa shape index (κ3) is 8.13. The van der Waals surface area contributed by atoms with Crippen LogP contribution in [0.15, 0.2) is 37.0 Å². The zero-order valence-corrected chi connectivity index (χ0v) is 16.0. The van der Waals surface area contributed by atoms with Gasteiger partial charge in [-0.2, -0.15) is 0 Å². The molecule has 0 bridgehead atoms. The van der Waals surface area contributed by atoms with Crippen molar-refractivity contribution in [1.82, 2.24) is 0 Å². The zero-order valence-electron chi connectivity index (χ0n) is 16.0. The molecule has 0 aromatic rings. The quantitative estimate of drug-likeness (QED) is 0.363. The van der Waals surface area contributed by atoms with E-state index >= 15 is 0 Å². The lowest BCUT2D eigenvalue weighted by Gasteiger charge is -2.22. The van der Waals surface area contributed by atoms with Crippen molar-refractivity contribution < 1.29 is 19.8 Å². The van der Waals surface area contributed by atoms with Gasteiger partial charge in [-0.25, -0.2) is 0 Å². The van der Waals surface area contributed by atoms with E-state index in [1.807, 2.05) is 18.2 Å². The van der Waals surface area contributed by atoms with E-state index in [0.717, 1.165) is 25.7 Å². The van der Waals surface area contributed by atoms with E-state index in [-0.39, 0.29) is 18.3 Å². The van der Waals surface area contributed by atoms with Crippen molar-refractivity contribution in [3.8, 4) is 0 Å². The molecule has 0 aliphatic heterocycles. The summed E-state index contributed by atoms with van der Waals surface area (Å²) >= 11 is 0. The van der Waals surface area contributed by atoms with Crippen LogP contribution in [-0.4, -0.2) is 27.6 Å². The highest BCUT2D eigenvalue weighted by atomic mass is 16.4. The summed E-state index contributed by atoms with van der Waals surface area (Å²) in [5, 5.41) is 19.1. The summed E-state index contributed by atoms with van der Waals surface area (Å²) in [6.45, 7) is 5.86. The van der Waals surface area contributed by atoms with Crippen LogP contribution in [0.1, 0.15) is 71.1 Å². The number of carbonyl (C=O) groups excluding carboxylic acids is 1. The Morgan fingerprint density at radius 1 is 1.31 bits per heavy atom. The lowest BCUT2D eigenvalue weighted by Crippen LogP contribution is -2.24. The van der Waals surface area contributed by atoms with Gasteiger partial charge in [0.05, 0.1) is 5.60 Å². The maximum absolute atomic E-state index is 12.1. The molecule has 0 heterocycles. The SMILES string of the molecule is C=CC(O)(CC=C[C@H]1CCC(=O)[C@@H]1CC=CCCCC(=O)O)CCCC. The van der Waals surface area contributed by atoms with E-state index in [9.17, 15) is 14.7 Å². The fourth-order valence-electron chi connectivity index (χ4n) is 3.42. The molecule has 146 valence electrons. The van der Waals surface area contributed by atoms with Crippen molar-refractivity contribution in [2.45, 2.75) is 76.7 Å². The van der Waals surface area contributed by atoms with Gasteiger partial charge in [-0.05, 0) is 44.4 Å². The van der Waals surface area contributed by atoms with Crippen LogP contribution in [0, 0.1) is 11.8 Å². The number of ketones is 1. The van der Waals surface area contributed by atoms with Gasteiger partial charge in [-0.15, -0.1) is 6.58 Å². The van der Waals surface area contributed by atoms with Crippen LogP contribution in [0.2, 0.25) is 0 Å². The van der Waals surface area contributed by atoms with Crippen molar-refractivity contribution in [3.63, 3.8) is 0 Å². The zero-order chi connectivity index (χ0) is 19.4. The number of hydrogen-bond donors (Lipinski definition) is 2. The second-order valence-electron chi connectivity index (χ2n) is 7.31. The second kappa shape index (κ2) is 11.8. The molecule has 2 N–H and O–H groups in total. The molecule has 0 aromatic heterocycles. The molecule has 0 saturated heterocycles. The normalized spacial score (nSPS) is 22.9. The fraction of sp³-hybridized carbons (Fsp3) is 0.636. The summed E-state index contributed by atoms with van der Waals surface area (Å²) in [6, 6.07) is 0. The van der Waals surface area contributed by atoms with Crippen molar-refractivity contribution in [2.75, 3.05) is 0 Å². The highest BCUT2D eigenvalue weighted by Crippen LogP contribution is 2.33. The first-order valence-electron chi connectivity index (χ1n) is 9.84. The Morgan fingerprint density at radius 3 is 2.73 bits per heavy atom. The molecule has 3 atom stereocenters. The number of hydrogen-bond acceptors (Lipinski definition) is 3. The molecule has 0 aromatic carbocycles. The average molecular weight is 363 g/mol. The molecular weight excluding hydrogens is 328 g/mol. The molecule has 0 spiro atoms. The van der Waals surface area contributed by atoms with E-state index in [0.29, 0.717) is 37.9 Å². The number of carboxylic acid groups (broad SMARTS) is 1. The number of allylic oxidation sites excluding steroid dienone is 3. The van der Waals surface area contributed by atoms with Crippen LogP contribution >= 0.6 is 0 Å². The van der Waals surface area contributed by atoms with Gasteiger partial charge in [-0.3, -0.25) is 9.59 Å². The predicted octanol–water partition coefficient (Wildman–Crippen LogP) is 4.84. The number of aliphatic hydroxyl groups is 1. The minimum absolute atomic E-state index is 0.00874. The van der Waals surface area contributed by atoms with Crippen LogP contribution in [0.4, 0.5) is 0 Å². The van der Waals surface area contributed by atoms with Gasteiger partial charge in [0.1, 0.15) is 5.78 Å². The molecule has 0 radical (unpaired) electrons. The molecule has 1 rings (SSSR count). The molecule has 1 aliphatic rings. The molecule has 4 nitrogen and oxygen atoms in total. The number of carbonyl (C=O) groups is 2. The Bertz CT molecular complexity index is 520. The molecule has 1 saturated carbocycles. The predicted molar refractivity (Wildman–Crippen MR) is 105 cm³/mol. The third-order valence-electron chi connectivity index (χ3n) is 5.17. The number of carboxylic acids is 1. The lowest BCUT2D eigenvalue weighted by molar-refractivity contribution is -0.137. The summed E-state index contributed by atoms with van der Waals surface area (Å²) in [6.07, 6.45) is 16.7. The first-order chi connectivity index (χ1) is 12.4. The molecule has 26 heavy (non-hydrogen) atoms. The Labute approximate surface area is 157 Å². The third-order valence-corrected chi connectivity index (χ3v) is 5.17. The number of unbranched alkanes of at least 4 members (excludes halogenated alkanes) is 2. The van der Waals surface area contributed by atoms with Crippen LogP contribution in [0.5, 0.6) is 0 Å². The molecular formula is C22H34O4. The molecule has 1 unspecified atom stereocenters. The Kier molecular flexibility index (Phi) is 10.2. The number of Topliss-reactive ketones (excluding diaryl/α,β-unsaturated/α-hetero) is 1. The standard InChI is InChI=1S/C22H34O4/c1-3-5-16-22(26,4-2)17-10-11-18-14-15-20(23)19(18)12-8-6-7-9-13-21(24)25/h4,6,8,10-11,18-19,26H,2-3,5,7,9,12-17H2,1H3,(H,24,25)/t18-,19+,22?/m0/s1. The highest BCUT2D eigenvalue weighted by molar-refractivity contribution is 5.83. The van der Waals surface area contributed by atoms with Crippen molar-refractivity contribution >= 4 is 11.8 Å². The minimum Gasteiger partial charge on any atom is -0.481 e. The summed E-state index contributed by atoms with van der Waals surface area (Å²) in [7, 11) is 0. The van der Waals surface area contributed by atoms with E-state index < -0.39 is 11.6 Å². The molecule has 0 amide bonds. The Balaban J connectivity index is 2.49. The van der Waals surface area contributed by atoms with Crippen LogP contribution in [0.3, 0.4) is 0 Å². The van der Waals surface area contributed by atoms with Crippen LogP contribution in [0.25, 0.3) is 0 Å². The van der Waals surface area contributed by atoms with Gasteiger partial charge in [-0.1, -0.05) is 50.1 Å². The van der Waals surface area contributed by atoms with Crippen molar-refractivity contribution in [3.05, 3.63) is 37.0 Å². The van der Waals surface area contributed by atoms with Gasteiger partial charge in [0.2, 0.25) is 0 Å². The van der Waals surface area contributed by atoms with E-state index in [1.165, 1.54) is 0 Å². The van der Waals surface area contributed by atoms with E-state index in [1.54, 1.807) is 6.08 Å². The van der Waals surface area contributed by atoms with E-state index in [2.05, 4.69) is 19.6 Å². The Hall–Kier alpha value is -1.68.